The summed E-state index contributed by atoms with van der Waals surface area (Å²) in [6.45, 7) is 5.55. The van der Waals surface area contributed by atoms with Crippen LogP contribution in [0.2, 0.25) is 5.02 Å². The molecule has 0 saturated carbocycles. The maximum absolute atomic E-state index is 11.2. The predicted molar refractivity (Wildman–Crippen MR) is 84.6 cm³/mol. The Bertz CT molecular complexity index is 464. The SMILES string of the molecule is CCNC(CC1CCN(Cc2ccc(Cl)cc2)C1)C(=O)O. The molecule has 1 saturated heterocycles. The molecular weight excluding hydrogens is 288 g/mol. The van der Waals surface area contributed by atoms with E-state index in [0.29, 0.717) is 18.9 Å². The smallest absolute Gasteiger partial charge is 0.320 e. The number of likely N-dealkylation sites (tertiary alicyclic amines) is 1. The minimum atomic E-state index is -0.743. The summed E-state index contributed by atoms with van der Waals surface area (Å²) in [7, 11) is 0. The molecule has 116 valence electrons. The lowest BCUT2D eigenvalue weighted by Crippen LogP contribution is -2.38. The number of hydrogen-bond donors (Lipinski definition) is 2. The fourth-order valence-electron chi connectivity index (χ4n) is 2.95. The van der Waals surface area contributed by atoms with Crippen molar-refractivity contribution in [2.75, 3.05) is 19.6 Å². The lowest BCUT2D eigenvalue weighted by atomic mass is 9.99. The van der Waals surface area contributed by atoms with Crippen LogP contribution in [0, 0.1) is 5.92 Å². The van der Waals surface area contributed by atoms with E-state index in [1.165, 1.54) is 5.56 Å². The molecular formula is C16H23ClN2O2. The molecule has 0 radical (unpaired) electrons. The van der Waals surface area contributed by atoms with Gasteiger partial charge in [0.25, 0.3) is 0 Å². The van der Waals surface area contributed by atoms with E-state index in [1.54, 1.807) is 0 Å². The van der Waals surface area contributed by atoms with Gasteiger partial charge >= 0.3 is 5.97 Å². The Morgan fingerprint density at radius 3 is 2.81 bits per heavy atom. The van der Waals surface area contributed by atoms with Crippen molar-refractivity contribution in [2.45, 2.75) is 32.4 Å². The van der Waals surface area contributed by atoms with Crippen molar-refractivity contribution in [1.29, 1.82) is 0 Å². The monoisotopic (exact) mass is 310 g/mol. The quantitative estimate of drug-likeness (QED) is 0.813. The number of carboxylic acid groups (broad SMARTS) is 1. The average molecular weight is 311 g/mol. The van der Waals surface area contributed by atoms with Crippen LogP contribution in [-0.4, -0.2) is 41.7 Å². The second kappa shape index (κ2) is 7.78. The first-order valence-corrected chi connectivity index (χ1v) is 7.89. The Morgan fingerprint density at radius 2 is 2.19 bits per heavy atom. The standard InChI is InChI=1S/C16H23ClN2O2/c1-2-18-15(16(20)21)9-13-7-8-19(11-13)10-12-3-5-14(17)6-4-12/h3-6,13,15,18H,2,7-11H2,1H3,(H,20,21). The molecule has 1 aromatic carbocycles. The van der Waals surface area contributed by atoms with E-state index in [9.17, 15) is 9.90 Å². The Labute approximate surface area is 131 Å². The molecule has 0 amide bonds. The van der Waals surface area contributed by atoms with Crippen LogP contribution in [-0.2, 0) is 11.3 Å². The van der Waals surface area contributed by atoms with E-state index in [-0.39, 0.29) is 0 Å². The van der Waals surface area contributed by atoms with E-state index >= 15 is 0 Å². The van der Waals surface area contributed by atoms with Crippen molar-refractivity contribution in [1.82, 2.24) is 10.2 Å². The number of carbonyl (C=O) groups is 1. The summed E-state index contributed by atoms with van der Waals surface area (Å²) >= 11 is 5.89. The van der Waals surface area contributed by atoms with Gasteiger partial charge in [0, 0.05) is 18.1 Å². The molecule has 5 heteroatoms. The second-order valence-electron chi connectivity index (χ2n) is 5.70. The van der Waals surface area contributed by atoms with Crippen molar-refractivity contribution in [2.24, 2.45) is 5.92 Å². The normalized spacial score (nSPS) is 20.6. The van der Waals surface area contributed by atoms with E-state index in [0.717, 1.165) is 31.1 Å². The van der Waals surface area contributed by atoms with Gasteiger partial charge in [-0.3, -0.25) is 9.69 Å². The molecule has 1 fully saturated rings. The van der Waals surface area contributed by atoms with Gasteiger partial charge in [0.1, 0.15) is 6.04 Å². The van der Waals surface area contributed by atoms with Gasteiger partial charge in [0.05, 0.1) is 0 Å². The first-order chi connectivity index (χ1) is 10.1. The van der Waals surface area contributed by atoms with Crippen LogP contribution in [0.4, 0.5) is 0 Å². The third kappa shape index (κ3) is 4.99. The molecule has 1 aromatic rings. The molecule has 2 rings (SSSR count). The summed E-state index contributed by atoms with van der Waals surface area (Å²) in [6, 6.07) is 7.50. The highest BCUT2D eigenvalue weighted by Crippen LogP contribution is 2.23. The fraction of sp³-hybridized carbons (Fsp3) is 0.562. The molecule has 2 N–H and O–H groups in total. The van der Waals surface area contributed by atoms with Crippen molar-refractivity contribution in [3.8, 4) is 0 Å². The molecule has 0 spiro atoms. The Hall–Kier alpha value is -1.10. The molecule has 0 aromatic heterocycles. The summed E-state index contributed by atoms with van der Waals surface area (Å²) in [5.41, 5.74) is 1.25. The lowest BCUT2D eigenvalue weighted by molar-refractivity contribution is -0.139. The van der Waals surface area contributed by atoms with Crippen molar-refractivity contribution < 1.29 is 9.90 Å². The van der Waals surface area contributed by atoms with Crippen molar-refractivity contribution in [3.63, 3.8) is 0 Å². The molecule has 2 atom stereocenters. The number of benzene rings is 1. The Morgan fingerprint density at radius 1 is 1.48 bits per heavy atom. The van der Waals surface area contributed by atoms with Crippen LogP contribution in [0.25, 0.3) is 0 Å². The highest BCUT2D eigenvalue weighted by molar-refractivity contribution is 6.30. The van der Waals surface area contributed by atoms with Gasteiger partial charge in [-0.2, -0.15) is 0 Å². The number of nitrogens with zero attached hydrogens (tertiary/aromatic N) is 1. The second-order valence-corrected chi connectivity index (χ2v) is 6.14. The number of nitrogens with one attached hydrogen (secondary N) is 1. The highest BCUT2D eigenvalue weighted by Gasteiger charge is 2.27. The molecule has 1 heterocycles. The van der Waals surface area contributed by atoms with Gasteiger partial charge in [-0.1, -0.05) is 30.7 Å². The largest absolute Gasteiger partial charge is 0.480 e. The van der Waals surface area contributed by atoms with Gasteiger partial charge in [-0.05, 0) is 49.5 Å². The van der Waals surface area contributed by atoms with Crippen LogP contribution in [0.3, 0.4) is 0 Å². The summed E-state index contributed by atoms with van der Waals surface area (Å²) in [5.74, 6) is -0.287. The molecule has 4 nitrogen and oxygen atoms in total. The van der Waals surface area contributed by atoms with Gasteiger partial charge in [-0.25, -0.2) is 0 Å². The first-order valence-electron chi connectivity index (χ1n) is 7.51. The summed E-state index contributed by atoms with van der Waals surface area (Å²) in [6.07, 6.45) is 1.78. The predicted octanol–water partition coefficient (Wildman–Crippen LogP) is 2.61. The van der Waals surface area contributed by atoms with E-state index in [1.807, 2.05) is 31.2 Å². The zero-order valence-electron chi connectivity index (χ0n) is 12.4. The molecule has 2 unspecified atom stereocenters. The number of carboxylic acids is 1. The number of likely N-dealkylation sites (N-methyl/N-ethyl adjacent to an activating group) is 1. The minimum Gasteiger partial charge on any atom is -0.480 e. The topological polar surface area (TPSA) is 52.6 Å². The number of hydrogen-bond acceptors (Lipinski definition) is 3. The molecule has 0 bridgehead atoms. The van der Waals surface area contributed by atoms with E-state index in [2.05, 4.69) is 10.2 Å². The van der Waals surface area contributed by atoms with Gasteiger partial charge in [0.15, 0.2) is 0 Å². The Kier molecular flexibility index (Phi) is 6.03. The lowest BCUT2D eigenvalue weighted by Gasteiger charge is -2.19. The van der Waals surface area contributed by atoms with Crippen LogP contribution >= 0.6 is 11.6 Å². The third-order valence-electron chi connectivity index (χ3n) is 4.01. The average Bonchev–Trinajstić information content (AvgIpc) is 2.88. The zero-order chi connectivity index (χ0) is 15.2. The van der Waals surface area contributed by atoms with Crippen molar-refractivity contribution in [3.05, 3.63) is 34.9 Å². The van der Waals surface area contributed by atoms with Crippen LogP contribution in [0.5, 0.6) is 0 Å². The van der Waals surface area contributed by atoms with E-state index in [4.69, 9.17) is 11.6 Å². The van der Waals surface area contributed by atoms with Gasteiger partial charge in [-0.15, -0.1) is 0 Å². The fourth-order valence-corrected chi connectivity index (χ4v) is 3.07. The van der Waals surface area contributed by atoms with Crippen molar-refractivity contribution >= 4 is 17.6 Å². The number of halogens is 1. The van der Waals surface area contributed by atoms with Crippen LogP contribution in [0.15, 0.2) is 24.3 Å². The maximum atomic E-state index is 11.2. The highest BCUT2D eigenvalue weighted by atomic mass is 35.5. The van der Waals surface area contributed by atoms with Crippen LogP contribution < -0.4 is 5.32 Å². The summed E-state index contributed by atoms with van der Waals surface area (Å²) < 4.78 is 0. The molecule has 21 heavy (non-hydrogen) atoms. The summed E-state index contributed by atoms with van der Waals surface area (Å²) in [5, 5.41) is 13.0. The summed E-state index contributed by atoms with van der Waals surface area (Å²) in [4.78, 5) is 13.6. The van der Waals surface area contributed by atoms with Gasteiger partial charge < -0.3 is 10.4 Å². The Balaban J connectivity index is 1.82. The van der Waals surface area contributed by atoms with Crippen LogP contribution in [0.1, 0.15) is 25.3 Å². The maximum Gasteiger partial charge on any atom is 0.320 e. The third-order valence-corrected chi connectivity index (χ3v) is 4.26. The zero-order valence-corrected chi connectivity index (χ0v) is 13.1. The van der Waals surface area contributed by atoms with Gasteiger partial charge in [0.2, 0.25) is 0 Å². The first kappa shape index (κ1) is 16.3. The molecule has 0 aliphatic carbocycles. The number of aliphatic carboxylic acids is 1. The minimum absolute atomic E-state index is 0.421. The molecule has 1 aliphatic rings. The van der Waals surface area contributed by atoms with E-state index < -0.39 is 12.0 Å². The molecule has 1 aliphatic heterocycles. The number of rotatable bonds is 7.